The molecule has 6 nitrogen and oxygen atoms in total. The Hall–Kier alpha value is -2.81. The summed E-state index contributed by atoms with van der Waals surface area (Å²) >= 11 is 0. The Morgan fingerprint density at radius 2 is 1.93 bits per heavy atom. The molecule has 2 aliphatic rings. The van der Waals surface area contributed by atoms with Gasteiger partial charge in [0, 0.05) is 31.7 Å². The van der Waals surface area contributed by atoms with Gasteiger partial charge in [-0.05, 0) is 43.7 Å². The molecule has 1 aromatic heterocycles. The van der Waals surface area contributed by atoms with Gasteiger partial charge < -0.3 is 14.2 Å². The Morgan fingerprint density at radius 1 is 1.18 bits per heavy atom. The van der Waals surface area contributed by atoms with Crippen molar-refractivity contribution < 1.29 is 9.21 Å². The van der Waals surface area contributed by atoms with Crippen molar-refractivity contribution in [1.82, 2.24) is 9.88 Å². The van der Waals surface area contributed by atoms with Crippen molar-refractivity contribution in [1.29, 1.82) is 5.26 Å². The van der Waals surface area contributed by atoms with Crippen LogP contribution >= 0.6 is 0 Å². The van der Waals surface area contributed by atoms with Gasteiger partial charge in [-0.15, -0.1) is 0 Å². The molecular weight excluding hydrogens is 352 g/mol. The molecule has 2 aliphatic heterocycles. The molecule has 146 valence electrons. The number of anilines is 1. The van der Waals surface area contributed by atoms with Gasteiger partial charge in [0.2, 0.25) is 23.4 Å². The van der Waals surface area contributed by atoms with Crippen LogP contribution in [-0.4, -0.2) is 42.0 Å². The van der Waals surface area contributed by atoms with Crippen LogP contribution in [0.15, 0.2) is 34.7 Å². The third-order valence-electron chi connectivity index (χ3n) is 5.89. The van der Waals surface area contributed by atoms with E-state index in [2.05, 4.69) is 18.0 Å². The molecule has 0 radical (unpaired) electrons. The summed E-state index contributed by atoms with van der Waals surface area (Å²) in [4.78, 5) is 21.4. The number of hydrogen-bond donors (Lipinski definition) is 0. The van der Waals surface area contributed by atoms with Crippen molar-refractivity contribution in [3.8, 4) is 17.5 Å². The summed E-state index contributed by atoms with van der Waals surface area (Å²) in [7, 11) is 0. The maximum absolute atomic E-state index is 13.0. The molecule has 4 rings (SSSR count). The molecule has 2 aromatic rings. The first-order valence-corrected chi connectivity index (χ1v) is 10.2. The molecule has 2 saturated heterocycles. The van der Waals surface area contributed by atoms with Gasteiger partial charge in [-0.3, -0.25) is 4.79 Å². The summed E-state index contributed by atoms with van der Waals surface area (Å²) < 4.78 is 5.99. The zero-order valence-corrected chi connectivity index (χ0v) is 16.3. The number of carbonyl (C=O) groups excluding carboxylic acids is 1. The number of piperidine rings is 2. The van der Waals surface area contributed by atoms with E-state index in [1.165, 1.54) is 0 Å². The number of nitrogens with zero attached hydrogens (tertiary/aromatic N) is 4. The number of hydrogen-bond acceptors (Lipinski definition) is 5. The molecule has 1 amide bonds. The van der Waals surface area contributed by atoms with E-state index in [1.54, 1.807) is 0 Å². The summed E-state index contributed by atoms with van der Waals surface area (Å²) in [5, 5.41) is 9.54. The zero-order valence-electron chi connectivity index (χ0n) is 16.3. The van der Waals surface area contributed by atoms with Gasteiger partial charge in [0.1, 0.15) is 6.07 Å². The van der Waals surface area contributed by atoms with Crippen molar-refractivity contribution in [3.63, 3.8) is 0 Å². The van der Waals surface area contributed by atoms with Crippen LogP contribution in [-0.2, 0) is 4.79 Å². The minimum absolute atomic E-state index is 0.0426. The van der Waals surface area contributed by atoms with Crippen LogP contribution in [0.25, 0.3) is 11.5 Å². The number of rotatable bonds is 3. The van der Waals surface area contributed by atoms with E-state index >= 15 is 0 Å². The molecule has 28 heavy (non-hydrogen) atoms. The predicted octanol–water partition coefficient (Wildman–Crippen LogP) is 3.69. The van der Waals surface area contributed by atoms with Crippen LogP contribution in [0.5, 0.6) is 0 Å². The maximum Gasteiger partial charge on any atom is 0.235 e. The summed E-state index contributed by atoms with van der Waals surface area (Å²) in [6.07, 6.45) is 3.97. The molecule has 3 heterocycles. The fourth-order valence-corrected chi connectivity index (χ4v) is 4.15. The second-order valence-electron chi connectivity index (χ2n) is 7.94. The van der Waals surface area contributed by atoms with Gasteiger partial charge in [-0.25, -0.2) is 0 Å². The molecule has 6 heteroatoms. The summed E-state index contributed by atoms with van der Waals surface area (Å²) in [6, 6.07) is 11.7. The molecule has 0 unspecified atom stereocenters. The lowest BCUT2D eigenvalue weighted by molar-refractivity contribution is -0.137. The molecule has 2 fully saturated rings. The Morgan fingerprint density at radius 3 is 2.64 bits per heavy atom. The van der Waals surface area contributed by atoms with E-state index in [9.17, 15) is 10.1 Å². The summed E-state index contributed by atoms with van der Waals surface area (Å²) in [6.45, 7) is 5.34. The first-order valence-electron chi connectivity index (χ1n) is 10.2. The summed E-state index contributed by atoms with van der Waals surface area (Å²) in [5.41, 5.74) is 1.14. The van der Waals surface area contributed by atoms with Crippen LogP contribution in [0.4, 0.5) is 5.88 Å². The number of carbonyl (C=O) groups is 1. The number of aromatic nitrogens is 1. The molecule has 0 saturated carbocycles. The normalized spacial score (nSPS) is 20.8. The highest BCUT2D eigenvalue weighted by molar-refractivity contribution is 5.80. The average Bonchev–Trinajstić information content (AvgIpc) is 3.19. The van der Waals surface area contributed by atoms with Crippen LogP contribution in [0, 0.1) is 23.2 Å². The van der Waals surface area contributed by atoms with E-state index in [0.29, 0.717) is 29.9 Å². The van der Waals surface area contributed by atoms with Gasteiger partial charge in [0.05, 0.1) is 5.92 Å². The molecule has 0 bridgehead atoms. The van der Waals surface area contributed by atoms with E-state index in [4.69, 9.17) is 4.42 Å². The van der Waals surface area contributed by atoms with Gasteiger partial charge >= 0.3 is 0 Å². The average molecular weight is 378 g/mol. The van der Waals surface area contributed by atoms with Crippen molar-refractivity contribution >= 4 is 11.8 Å². The minimum atomic E-state index is -0.0426. The van der Waals surface area contributed by atoms with Crippen molar-refractivity contribution in [3.05, 3.63) is 36.0 Å². The van der Waals surface area contributed by atoms with Crippen LogP contribution in [0.3, 0.4) is 0 Å². The van der Waals surface area contributed by atoms with Crippen molar-refractivity contribution in [2.24, 2.45) is 11.8 Å². The third-order valence-corrected chi connectivity index (χ3v) is 5.89. The minimum Gasteiger partial charge on any atom is -0.419 e. The Kier molecular flexibility index (Phi) is 5.34. The quantitative estimate of drug-likeness (QED) is 0.814. The fourth-order valence-electron chi connectivity index (χ4n) is 4.15. The Balaban J connectivity index is 1.51. The van der Waals surface area contributed by atoms with E-state index in [-0.39, 0.29) is 11.8 Å². The van der Waals surface area contributed by atoms with Crippen LogP contribution in [0.1, 0.15) is 38.3 Å². The molecule has 1 atom stereocenters. The standard InChI is InChI=1S/C22H26N4O2/c1-16-9-12-25(13-10-16)21(27)18-8-5-11-26(15-18)22-19(14-23)24-20(28-22)17-6-3-2-4-7-17/h2-4,6-7,16,18H,5,8-13,15H2,1H3/t18-/m0/s1. The van der Waals surface area contributed by atoms with Gasteiger partial charge in [0.15, 0.2) is 0 Å². The SMILES string of the molecule is CC1CCN(C(=O)[C@H]2CCCN(c3oc(-c4ccccc4)nc3C#N)C2)CC1. The Labute approximate surface area is 165 Å². The molecule has 0 spiro atoms. The van der Waals surface area contributed by atoms with Crippen LogP contribution in [0.2, 0.25) is 0 Å². The number of nitriles is 1. The van der Waals surface area contributed by atoms with E-state index in [0.717, 1.165) is 50.9 Å². The lowest BCUT2D eigenvalue weighted by Crippen LogP contribution is -2.47. The zero-order chi connectivity index (χ0) is 19.5. The maximum atomic E-state index is 13.0. The number of oxazole rings is 1. The molecule has 1 aromatic carbocycles. The highest BCUT2D eigenvalue weighted by Gasteiger charge is 2.33. The molecule has 0 N–H and O–H groups in total. The first kappa shape index (κ1) is 18.5. The number of benzene rings is 1. The third kappa shape index (κ3) is 3.75. The van der Waals surface area contributed by atoms with Crippen molar-refractivity contribution in [2.75, 3.05) is 31.1 Å². The lowest BCUT2D eigenvalue weighted by Gasteiger charge is -2.37. The monoisotopic (exact) mass is 378 g/mol. The fraction of sp³-hybridized carbons (Fsp3) is 0.500. The molecule has 0 aliphatic carbocycles. The molecular formula is C22H26N4O2. The summed E-state index contributed by atoms with van der Waals surface area (Å²) in [5.74, 6) is 1.85. The smallest absolute Gasteiger partial charge is 0.235 e. The Bertz CT molecular complexity index is 862. The predicted molar refractivity (Wildman–Crippen MR) is 107 cm³/mol. The second kappa shape index (κ2) is 8.05. The lowest BCUT2D eigenvalue weighted by atomic mass is 9.93. The van der Waals surface area contributed by atoms with E-state index in [1.807, 2.05) is 40.1 Å². The number of likely N-dealkylation sites (tertiary alicyclic amines) is 1. The largest absolute Gasteiger partial charge is 0.419 e. The van der Waals surface area contributed by atoms with Gasteiger partial charge in [0.25, 0.3) is 0 Å². The van der Waals surface area contributed by atoms with Gasteiger partial charge in [-0.1, -0.05) is 25.1 Å². The first-order chi connectivity index (χ1) is 13.7. The number of amides is 1. The van der Waals surface area contributed by atoms with Gasteiger partial charge in [-0.2, -0.15) is 10.2 Å². The second-order valence-corrected chi connectivity index (χ2v) is 7.94. The van der Waals surface area contributed by atoms with E-state index < -0.39 is 0 Å². The highest BCUT2D eigenvalue weighted by atomic mass is 16.4. The van der Waals surface area contributed by atoms with Crippen LogP contribution < -0.4 is 4.90 Å². The van der Waals surface area contributed by atoms with Crippen molar-refractivity contribution in [2.45, 2.75) is 32.6 Å². The highest BCUT2D eigenvalue weighted by Crippen LogP contribution is 2.32. The topological polar surface area (TPSA) is 73.4 Å².